The molecule has 1 aromatic carbocycles. The molecule has 1 amide bonds. The highest BCUT2D eigenvalue weighted by Gasteiger charge is 2.20. The van der Waals surface area contributed by atoms with Crippen molar-refractivity contribution in [2.75, 3.05) is 5.75 Å². The van der Waals surface area contributed by atoms with Crippen molar-refractivity contribution >= 4 is 39.1 Å². The van der Waals surface area contributed by atoms with Crippen molar-refractivity contribution < 1.29 is 9.18 Å². The third-order valence-electron chi connectivity index (χ3n) is 2.80. The fourth-order valence-electron chi connectivity index (χ4n) is 1.95. The highest BCUT2D eigenvalue weighted by Crippen LogP contribution is 2.35. The molecular formula is C14H17FN2OS2. The van der Waals surface area contributed by atoms with E-state index in [9.17, 15) is 9.18 Å². The predicted molar refractivity (Wildman–Crippen MR) is 84.4 cm³/mol. The largest absolute Gasteiger partial charge is 0.289 e. The number of carbonyl (C=O) groups excluding carboxylic acids is 1. The van der Waals surface area contributed by atoms with Gasteiger partial charge in [-0.2, -0.15) is 11.8 Å². The second kappa shape index (κ2) is 6.56. The van der Waals surface area contributed by atoms with Crippen LogP contribution in [0.15, 0.2) is 18.2 Å². The van der Waals surface area contributed by atoms with Crippen molar-refractivity contribution in [3.63, 3.8) is 0 Å². The molecule has 0 unspecified atom stereocenters. The molecule has 20 heavy (non-hydrogen) atoms. The van der Waals surface area contributed by atoms with Crippen LogP contribution in [-0.4, -0.2) is 11.7 Å². The van der Waals surface area contributed by atoms with Crippen LogP contribution in [0.1, 0.15) is 29.1 Å². The van der Waals surface area contributed by atoms with E-state index in [1.54, 1.807) is 17.8 Å². The number of carbonyl (C=O) groups is 1. The topological polar surface area (TPSA) is 55.1 Å². The maximum Gasteiger partial charge on any atom is 0.275 e. The molecule has 108 valence electrons. The minimum atomic E-state index is -0.356. The van der Waals surface area contributed by atoms with E-state index in [2.05, 4.69) is 19.3 Å². The second-order valence-electron chi connectivity index (χ2n) is 4.91. The number of hydrogen-bond donors (Lipinski definition) is 2. The lowest BCUT2D eigenvalue weighted by atomic mass is 10.1. The number of rotatable bonds is 5. The normalized spacial score (nSPS) is 11.2. The molecular weight excluding hydrogens is 295 g/mol. The fourth-order valence-corrected chi connectivity index (χ4v) is 4.26. The third-order valence-corrected chi connectivity index (χ3v) is 5.39. The summed E-state index contributed by atoms with van der Waals surface area (Å²) in [5, 5.41) is 0.548. The van der Waals surface area contributed by atoms with Crippen LogP contribution in [0.25, 0.3) is 10.1 Å². The number of nitrogen functional groups attached to an aromatic ring is 1. The van der Waals surface area contributed by atoms with Gasteiger partial charge in [0.25, 0.3) is 5.91 Å². The number of thioether (sulfide) groups is 1. The number of thiophene rings is 1. The second-order valence-corrected chi connectivity index (χ2v) is 6.99. The molecule has 0 fully saturated rings. The van der Waals surface area contributed by atoms with E-state index in [1.165, 1.54) is 17.4 Å². The SMILES string of the molecule is CC(C)CSCc1c(C(=O)NN)sc2cccc(F)c12. The molecule has 3 nitrogen and oxygen atoms in total. The number of fused-ring (bicyclic) bond motifs is 1. The highest BCUT2D eigenvalue weighted by molar-refractivity contribution is 7.98. The maximum atomic E-state index is 14.0. The van der Waals surface area contributed by atoms with Crippen LogP contribution in [0.3, 0.4) is 0 Å². The Morgan fingerprint density at radius 2 is 2.25 bits per heavy atom. The zero-order valence-corrected chi connectivity index (χ0v) is 13.0. The number of nitrogens with one attached hydrogen (secondary N) is 1. The van der Waals surface area contributed by atoms with Gasteiger partial charge in [-0.1, -0.05) is 19.9 Å². The lowest BCUT2D eigenvalue weighted by molar-refractivity contribution is 0.0957. The number of nitrogens with two attached hydrogens (primary N) is 1. The molecule has 1 heterocycles. The molecule has 3 N–H and O–H groups in total. The zero-order chi connectivity index (χ0) is 14.7. The van der Waals surface area contributed by atoms with Gasteiger partial charge in [0.2, 0.25) is 0 Å². The van der Waals surface area contributed by atoms with Crippen LogP contribution in [0.2, 0.25) is 0 Å². The third kappa shape index (κ3) is 3.13. The van der Waals surface area contributed by atoms with E-state index in [1.807, 2.05) is 6.07 Å². The fraction of sp³-hybridized carbons (Fsp3) is 0.357. The van der Waals surface area contributed by atoms with Crippen LogP contribution in [0, 0.1) is 11.7 Å². The lowest BCUT2D eigenvalue weighted by Crippen LogP contribution is -2.29. The van der Waals surface area contributed by atoms with Gasteiger partial charge in [-0.25, -0.2) is 10.2 Å². The summed E-state index contributed by atoms with van der Waals surface area (Å²) in [6.07, 6.45) is 0. The summed E-state index contributed by atoms with van der Waals surface area (Å²) < 4.78 is 14.8. The minimum Gasteiger partial charge on any atom is -0.289 e. The van der Waals surface area contributed by atoms with Crippen molar-refractivity contribution in [2.45, 2.75) is 19.6 Å². The van der Waals surface area contributed by atoms with Gasteiger partial charge in [0, 0.05) is 15.8 Å². The van der Waals surface area contributed by atoms with Gasteiger partial charge in [-0.3, -0.25) is 10.2 Å². The van der Waals surface area contributed by atoms with Crippen LogP contribution >= 0.6 is 23.1 Å². The van der Waals surface area contributed by atoms with Crippen LogP contribution in [0.4, 0.5) is 4.39 Å². The Labute approximate surface area is 125 Å². The molecule has 0 saturated carbocycles. The smallest absolute Gasteiger partial charge is 0.275 e. The average Bonchev–Trinajstić information content (AvgIpc) is 2.78. The van der Waals surface area contributed by atoms with Crippen LogP contribution in [-0.2, 0) is 5.75 Å². The maximum absolute atomic E-state index is 14.0. The van der Waals surface area contributed by atoms with Crippen molar-refractivity contribution in [2.24, 2.45) is 11.8 Å². The number of hydrogen-bond acceptors (Lipinski definition) is 4. The van der Waals surface area contributed by atoms with E-state index in [4.69, 9.17) is 5.84 Å². The molecule has 0 aliphatic carbocycles. The van der Waals surface area contributed by atoms with Crippen molar-refractivity contribution in [3.8, 4) is 0 Å². The molecule has 1 aromatic heterocycles. The van der Waals surface area contributed by atoms with Gasteiger partial charge < -0.3 is 0 Å². The summed E-state index contributed by atoms with van der Waals surface area (Å²) in [5.41, 5.74) is 2.89. The van der Waals surface area contributed by atoms with E-state index >= 15 is 0 Å². The van der Waals surface area contributed by atoms with Gasteiger partial charge in [-0.15, -0.1) is 11.3 Å². The summed E-state index contributed by atoms with van der Waals surface area (Å²) >= 11 is 2.99. The van der Waals surface area contributed by atoms with Crippen molar-refractivity contribution in [1.82, 2.24) is 5.43 Å². The van der Waals surface area contributed by atoms with E-state index in [-0.39, 0.29) is 11.7 Å². The molecule has 0 spiro atoms. The van der Waals surface area contributed by atoms with Gasteiger partial charge in [0.1, 0.15) is 5.82 Å². The van der Waals surface area contributed by atoms with Gasteiger partial charge in [-0.05, 0) is 29.4 Å². The Balaban J connectivity index is 2.43. The Morgan fingerprint density at radius 3 is 2.90 bits per heavy atom. The Bertz CT molecular complexity index is 625. The molecule has 0 bridgehead atoms. The van der Waals surface area contributed by atoms with E-state index in [0.717, 1.165) is 16.0 Å². The zero-order valence-electron chi connectivity index (χ0n) is 11.4. The lowest BCUT2D eigenvalue weighted by Gasteiger charge is -2.06. The molecule has 0 saturated heterocycles. The minimum absolute atomic E-state index is 0.282. The standard InChI is InChI=1S/C14H17FN2OS2/c1-8(2)6-19-7-9-12-10(15)4-3-5-11(12)20-13(9)14(18)17-16/h3-5,8H,6-7,16H2,1-2H3,(H,17,18). The number of hydrazine groups is 1. The van der Waals surface area contributed by atoms with Gasteiger partial charge >= 0.3 is 0 Å². The summed E-state index contributed by atoms with van der Waals surface area (Å²) in [7, 11) is 0. The first-order valence-corrected chi connectivity index (χ1v) is 8.30. The number of benzene rings is 1. The molecule has 2 aromatic rings. The first kappa shape index (κ1) is 15.3. The summed E-state index contributed by atoms with van der Waals surface area (Å²) in [6, 6.07) is 4.91. The Hall–Kier alpha value is -1.11. The quantitative estimate of drug-likeness (QED) is 0.504. The average molecular weight is 312 g/mol. The Morgan fingerprint density at radius 1 is 1.50 bits per heavy atom. The summed E-state index contributed by atoms with van der Waals surface area (Å²) in [4.78, 5) is 12.4. The molecule has 0 atom stereocenters. The van der Waals surface area contributed by atoms with Crippen LogP contribution in [0.5, 0.6) is 0 Å². The van der Waals surface area contributed by atoms with Crippen molar-refractivity contribution in [1.29, 1.82) is 0 Å². The number of amides is 1. The molecule has 2 rings (SSSR count). The monoisotopic (exact) mass is 312 g/mol. The predicted octanol–water partition coefficient (Wildman–Crippen LogP) is 3.53. The van der Waals surface area contributed by atoms with Gasteiger partial charge in [0.15, 0.2) is 0 Å². The number of halogens is 1. The summed E-state index contributed by atoms with van der Waals surface area (Å²) in [5.74, 6) is 6.72. The van der Waals surface area contributed by atoms with E-state index in [0.29, 0.717) is 21.9 Å². The van der Waals surface area contributed by atoms with Crippen LogP contribution < -0.4 is 11.3 Å². The summed E-state index contributed by atoms with van der Waals surface area (Å²) in [6.45, 7) is 4.26. The highest BCUT2D eigenvalue weighted by atomic mass is 32.2. The van der Waals surface area contributed by atoms with Crippen molar-refractivity contribution in [3.05, 3.63) is 34.5 Å². The molecule has 0 aliphatic rings. The first-order chi connectivity index (χ1) is 9.54. The first-order valence-electron chi connectivity index (χ1n) is 6.33. The van der Waals surface area contributed by atoms with Gasteiger partial charge in [0.05, 0.1) is 4.88 Å². The molecule has 6 heteroatoms. The molecule has 0 radical (unpaired) electrons. The molecule has 0 aliphatic heterocycles. The van der Waals surface area contributed by atoms with E-state index < -0.39 is 0 Å². The Kier molecular flexibility index (Phi) is 5.01.